The van der Waals surface area contributed by atoms with E-state index >= 15 is 0 Å². The molecule has 1 aliphatic heterocycles. The van der Waals surface area contributed by atoms with Crippen molar-refractivity contribution >= 4 is 11.3 Å². The van der Waals surface area contributed by atoms with Gasteiger partial charge in [0.05, 0.1) is 18.9 Å². The minimum absolute atomic E-state index is 0.0177. The molecule has 0 unspecified atom stereocenters. The van der Waals surface area contributed by atoms with Gasteiger partial charge in [0.25, 0.3) is 0 Å². The summed E-state index contributed by atoms with van der Waals surface area (Å²) in [5, 5.41) is 0. The van der Waals surface area contributed by atoms with Crippen LogP contribution in [-0.4, -0.2) is 42.8 Å². The van der Waals surface area contributed by atoms with E-state index in [1.807, 2.05) is 31.2 Å². The first kappa shape index (κ1) is 17.0. The number of aromatic nitrogens is 1. The zero-order valence-corrected chi connectivity index (χ0v) is 14.7. The lowest BCUT2D eigenvalue weighted by atomic mass is 10.1. The van der Waals surface area contributed by atoms with E-state index in [0.717, 1.165) is 60.3 Å². The van der Waals surface area contributed by atoms with Gasteiger partial charge in [0.1, 0.15) is 12.4 Å². The van der Waals surface area contributed by atoms with Crippen molar-refractivity contribution in [3.8, 4) is 17.0 Å². The third-order valence-electron chi connectivity index (χ3n) is 3.82. The van der Waals surface area contributed by atoms with Crippen LogP contribution in [0, 0.1) is 0 Å². The van der Waals surface area contributed by atoms with E-state index in [2.05, 4.69) is 16.5 Å². The Morgan fingerprint density at radius 2 is 2.04 bits per heavy atom. The fraction of sp³-hybridized carbons (Fsp3) is 0.389. The molecule has 0 amide bonds. The Morgan fingerprint density at radius 3 is 2.71 bits per heavy atom. The fourth-order valence-corrected chi connectivity index (χ4v) is 3.49. The molecule has 0 radical (unpaired) electrons. The van der Waals surface area contributed by atoms with Crippen molar-refractivity contribution < 1.29 is 9.47 Å². The Morgan fingerprint density at radius 1 is 1.33 bits per heavy atom. The minimum Gasteiger partial charge on any atom is -0.489 e. The van der Waals surface area contributed by atoms with Crippen LogP contribution in [0.5, 0.6) is 5.75 Å². The van der Waals surface area contributed by atoms with Crippen molar-refractivity contribution in [3.05, 3.63) is 51.0 Å². The molecule has 0 spiro atoms. The van der Waals surface area contributed by atoms with Gasteiger partial charge >= 0.3 is 4.87 Å². The summed E-state index contributed by atoms with van der Waals surface area (Å²) in [6.45, 7) is 10.4. The van der Waals surface area contributed by atoms with Gasteiger partial charge in [-0.2, -0.15) is 0 Å². The normalized spacial score (nSPS) is 15.4. The van der Waals surface area contributed by atoms with E-state index in [1.54, 1.807) is 0 Å². The van der Waals surface area contributed by atoms with Gasteiger partial charge in [0.15, 0.2) is 0 Å². The zero-order valence-electron chi connectivity index (χ0n) is 13.8. The summed E-state index contributed by atoms with van der Waals surface area (Å²) in [5.74, 6) is 0.800. The third kappa shape index (κ3) is 4.35. The average molecular weight is 346 g/mol. The second-order valence-corrected chi connectivity index (χ2v) is 7.04. The Balaban J connectivity index is 1.76. The molecule has 1 fully saturated rings. The number of ether oxygens (including phenoxy) is 2. The number of thiazole rings is 1. The maximum Gasteiger partial charge on any atom is 0.305 e. The van der Waals surface area contributed by atoms with Gasteiger partial charge in [-0.25, -0.2) is 0 Å². The highest BCUT2D eigenvalue weighted by Gasteiger charge is 2.16. The maximum atomic E-state index is 11.9. The number of nitrogens with one attached hydrogen (secondary N) is 1. The number of H-pyrrole nitrogens is 1. The van der Waals surface area contributed by atoms with E-state index in [9.17, 15) is 4.79 Å². The van der Waals surface area contributed by atoms with Crippen LogP contribution in [0.1, 0.15) is 11.8 Å². The lowest BCUT2D eigenvalue weighted by Crippen LogP contribution is -2.35. The molecule has 0 aliphatic carbocycles. The SMILES string of the molecule is C=C(C)COc1ccc(-c2[nH]c(=O)sc2CN2CCOCC2)cc1. The number of benzene rings is 1. The second kappa shape index (κ2) is 7.79. The molecule has 1 aliphatic rings. The molecule has 1 aromatic heterocycles. The molecule has 128 valence electrons. The number of morpholine rings is 1. The molecule has 24 heavy (non-hydrogen) atoms. The standard InChI is InChI=1S/C18H22N2O3S/c1-13(2)12-23-15-5-3-14(4-6-15)17-16(24-18(21)19-17)11-20-7-9-22-10-8-20/h3-6H,1,7-12H2,2H3,(H,19,21). The van der Waals surface area contributed by atoms with E-state index in [4.69, 9.17) is 9.47 Å². The number of hydrogen-bond donors (Lipinski definition) is 1. The number of rotatable bonds is 6. The molecule has 0 bridgehead atoms. The predicted molar refractivity (Wildman–Crippen MR) is 96.8 cm³/mol. The first-order chi connectivity index (χ1) is 11.6. The van der Waals surface area contributed by atoms with Gasteiger partial charge in [-0.05, 0) is 42.3 Å². The predicted octanol–water partition coefficient (Wildman–Crippen LogP) is 2.89. The maximum absolute atomic E-state index is 11.9. The summed E-state index contributed by atoms with van der Waals surface area (Å²) in [6.07, 6.45) is 0. The van der Waals surface area contributed by atoms with E-state index in [0.29, 0.717) is 6.61 Å². The molecular weight excluding hydrogens is 324 g/mol. The highest BCUT2D eigenvalue weighted by Crippen LogP contribution is 2.26. The Bertz CT molecular complexity index is 742. The monoisotopic (exact) mass is 346 g/mol. The van der Waals surface area contributed by atoms with E-state index < -0.39 is 0 Å². The molecule has 6 heteroatoms. The molecule has 0 saturated carbocycles. The van der Waals surface area contributed by atoms with Crippen LogP contribution in [0.15, 0.2) is 41.2 Å². The van der Waals surface area contributed by atoms with Crippen LogP contribution in [0.2, 0.25) is 0 Å². The molecule has 1 aromatic carbocycles. The largest absolute Gasteiger partial charge is 0.489 e. The van der Waals surface area contributed by atoms with E-state index in [-0.39, 0.29) is 4.87 Å². The number of aromatic amines is 1. The molecule has 0 atom stereocenters. The van der Waals surface area contributed by atoms with Gasteiger partial charge in [-0.3, -0.25) is 9.69 Å². The van der Waals surface area contributed by atoms with Crippen molar-refractivity contribution in [2.75, 3.05) is 32.9 Å². The summed E-state index contributed by atoms with van der Waals surface area (Å²) >= 11 is 1.28. The van der Waals surface area contributed by atoms with Gasteiger partial charge < -0.3 is 14.5 Å². The lowest BCUT2D eigenvalue weighted by Gasteiger charge is -2.26. The van der Waals surface area contributed by atoms with Crippen molar-refractivity contribution in [3.63, 3.8) is 0 Å². The van der Waals surface area contributed by atoms with Crippen molar-refractivity contribution in [1.29, 1.82) is 0 Å². The van der Waals surface area contributed by atoms with Crippen LogP contribution >= 0.6 is 11.3 Å². The Labute approximate surface area is 145 Å². The van der Waals surface area contributed by atoms with Crippen LogP contribution in [0.25, 0.3) is 11.3 Å². The Kier molecular flexibility index (Phi) is 5.50. The lowest BCUT2D eigenvalue weighted by molar-refractivity contribution is 0.0347. The summed E-state index contributed by atoms with van der Waals surface area (Å²) in [4.78, 5) is 18.2. The smallest absolute Gasteiger partial charge is 0.305 e. The van der Waals surface area contributed by atoms with Gasteiger partial charge in [-0.15, -0.1) is 0 Å². The number of nitrogens with zero attached hydrogens (tertiary/aromatic N) is 1. The average Bonchev–Trinajstić information content (AvgIpc) is 2.95. The minimum atomic E-state index is -0.0177. The topological polar surface area (TPSA) is 54.6 Å². The van der Waals surface area contributed by atoms with Crippen molar-refractivity contribution in [2.24, 2.45) is 0 Å². The van der Waals surface area contributed by atoms with Crippen LogP contribution < -0.4 is 9.61 Å². The molecule has 1 saturated heterocycles. The molecule has 3 rings (SSSR count). The molecule has 5 nitrogen and oxygen atoms in total. The summed E-state index contributed by atoms with van der Waals surface area (Å²) in [5.41, 5.74) is 2.89. The Hall–Kier alpha value is -1.89. The highest BCUT2D eigenvalue weighted by atomic mass is 32.1. The second-order valence-electron chi connectivity index (χ2n) is 5.97. The van der Waals surface area contributed by atoms with Crippen LogP contribution in [0.3, 0.4) is 0 Å². The van der Waals surface area contributed by atoms with Gasteiger partial charge in [0, 0.05) is 24.5 Å². The van der Waals surface area contributed by atoms with Gasteiger partial charge in [0.2, 0.25) is 0 Å². The summed E-state index contributed by atoms with van der Waals surface area (Å²) in [6, 6.07) is 7.81. The quantitative estimate of drug-likeness (QED) is 0.817. The first-order valence-electron chi connectivity index (χ1n) is 8.01. The third-order valence-corrected chi connectivity index (χ3v) is 4.69. The zero-order chi connectivity index (χ0) is 16.9. The first-order valence-corrected chi connectivity index (χ1v) is 8.83. The molecule has 1 N–H and O–H groups in total. The van der Waals surface area contributed by atoms with E-state index in [1.165, 1.54) is 11.3 Å². The molecule has 2 heterocycles. The fourth-order valence-electron chi connectivity index (χ4n) is 2.59. The van der Waals surface area contributed by atoms with Crippen LogP contribution in [-0.2, 0) is 11.3 Å². The molecule has 2 aromatic rings. The summed E-state index contributed by atoms with van der Waals surface area (Å²) in [7, 11) is 0. The highest BCUT2D eigenvalue weighted by molar-refractivity contribution is 7.09. The van der Waals surface area contributed by atoms with Crippen molar-refractivity contribution in [2.45, 2.75) is 13.5 Å². The van der Waals surface area contributed by atoms with Crippen LogP contribution in [0.4, 0.5) is 0 Å². The van der Waals surface area contributed by atoms with Gasteiger partial charge in [-0.1, -0.05) is 17.9 Å². The van der Waals surface area contributed by atoms with Crippen molar-refractivity contribution in [1.82, 2.24) is 9.88 Å². The summed E-state index contributed by atoms with van der Waals surface area (Å²) < 4.78 is 11.0. The molecular formula is C18H22N2O3S. The number of hydrogen-bond acceptors (Lipinski definition) is 5.